The molecule has 1 atom stereocenters. The van der Waals surface area contributed by atoms with E-state index in [0.29, 0.717) is 10.0 Å². The molecule has 4 heteroatoms. The quantitative estimate of drug-likeness (QED) is 0.703. The Morgan fingerprint density at radius 1 is 1.14 bits per heavy atom. The van der Waals surface area contributed by atoms with Crippen molar-refractivity contribution in [3.05, 3.63) is 45.6 Å². The summed E-state index contributed by atoms with van der Waals surface area (Å²) in [5, 5.41) is 4.84. The number of rotatable bonds is 6. The van der Waals surface area contributed by atoms with Crippen LogP contribution in [0.15, 0.2) is 28.7 Å². The maximum atomic E-state index is 6.31. The van der Waals surface area contributed by atoms with Crippen LogP contribution in [0.5, 0.6) is 0 Å². The lowest BCUT2D eigenvalue weighted by Crippen LogP contribution is -2.20. The molecule has 0 radical (unpaired) electrons. The minimum atomic E-state index is 0.235. The normalized spacial score (nSPS) is 12.6. The lowest BCUT2D eigenvalue weighted by molar-refractivity contribution is 0.411. The third-order valence-corrected chi connectivity index (χ3v) is 4.25. The molecule has 2 nitrogen and oxygen atoms in total. The molecule has 1 heterocycles. The predicted molar refractivity (Wildman–Crippen MR) is 90.2 cm³/mol. The molecule has 2 aromatic rings. The first kappa shape index (κ1) is 16.4. The van der Waals surface area contributed by atoms with Gasteiger partial charge in [-0.2, -0.15) is 0 Å². The summed E-state index contributed by atoms with van der Waals surface area (Å²) < 4.78 is 5.99. The average molecular weight is 326 g/mol. The number of furan rings is 1. The lowest BCUT2D eigenvalue weighted by atomic mass is 10.1. The van der Waals surface area contributed by atoms with Crippen molar-refractivity contribution in [1.82, 2.24) is 5.32 Å². The van der Waals surface area contributed by atoms with Gasteiger partial charge in [-0.15, -0.1) is 0 Å². The van der Waals surface area contributed by atoms with Crippen LogP contribution in [-0.4, -0.2) is 6.54 Å². The van der Waals surface area contributed by atoms with Gasteiger partial charge in [-0.1, -0.05) is 37.0 Å². The van der Waals surface area contributed by atoms with Gasteiger partial charge in [-0.3, -0.25) is 0 Å². The van der Waals surface area contributed by atoms with Crippen LogP contribution >= 0.6 is 23.2 Å². The van der Waals surface area contributed by atoms with Gasteiger partial charge in [0, 0.05) is 10.6 Å². The Balaban J connectivity index is 2.29. The van der Waals surface area contributed by atoms with Crippen LogP contribution in [0.2, 0.25) is 10.0 Å². The zero-order chi connectivity index (χ0) is 15.4. The zero-order valence-corrected chi connectivity index (χ0v) is 14.2. The Bertz CT molecular complexity index is 607. The molecule has 0 saturated carbocycles. The van der Waals surface area contributed by atoms with E-state index in [2.05, 4.69) is 19.2 Å². The van der Waals surface area contributed by atoms with Gasteiger partial charge >= 0.3 is 0 Å². The molecular formula is C17H21Cl2NO. The molecule has 0 bridgehead atoms. The molecule has 0 amide bonds. The standard InChI is InChI=1S/C17H21Cl2NO/c1-4-8-20-15(5-2)17-7-6-16(21-17)12-10-13(18)11(3)9-14(12)19/h6-7,9-10,15,20H,4-5,8H2,1-3H3. The highest BCUT2D eigenvalue weighted by molar-refractivity contribution is 6.35. The van der Waals surface area contributed by atoms with Gasteiger partial charge in [0.05, 0.1) is 11.1 Å². The second-order valence-corrected chi connectivity index (χ2v) is 6.01. The highest BCUT2D eigenvalue weighted by Crippen LogP contribution is 2.35. The minimum Gasteiger partial charge on any atom is -0.459 e. The van der Waals surface area contributed by atoms with Crippen molar-refractivity contribution in [3.8, 4) is 11.3 Å². The molecule has 0 aliphatic rings. The first-order valence-electron chi connectivity index (χ1n) is 7.35. The molecule has 0 saturated heterocycles. The summed E-state index contributed by atoms with van der Waals surface area (Å²) in [6.45, 7) is 7.21. The van der Waals surface area contributed by atoms with Gasteiger partial charge in [0.25, 0.3) is 0 Å². The second-order valence-electron chi connectivity index (χ2n) is 5.20. The second kappa shape index (κ2) is 7.35. The smallest absolute Gasteiger partial charge is 0.135 e. The molecule has 1 N–H and O–H groups in total. The summed E-state index contributed by atoms with van der Waals surface area (Å²) in [7, 11) is 0. The Morgan fingerprint density at radius 3 is 2.57 bits per heavy atom. The summed E-state index contributed by atoms with van der Waals surface area (Å²) in [6, 6.07) is 7.93. The number of nitrogens with one attached hydrogen (secondary N) is 1. The van der Waals surface area contributed by atoms with E-state index in [4.69, 9.17) is 27.6 Å². The number of benzene rings is 1. The maximum Gasteiger partial charge on any atom is 0.135 e. The van der Waals surface area contributed by atoms with Crippen molar-refractivity contribution in [2.45, 2.75) is 39.7 Å². The number of hydrogen-bond donors (Lipinski definition) is 1. The van der Waals surface area contributed by atoms with E-state index in [1.165, 1.54) is 0 Å². The fourth-order valence-electron chi connectivity index (χ4n) is 2.28. The van der Waals surface area contributed by atoms with Gasteiger partial charge in [-0.25, -0.2) is 0 Å². The van der Waals surface area contributed by atoms with Crippen LogP contribution < -0.4 is 5.32 Å². The lowest BCUT2D eigenvalue weighted by Gasteiger charge is -2.13. The fraction of sp³-hybridized carbons (Fsp3) is 0.412. The summed E-state index contributed by atoms with van der Waals surface area (Å²) in [4.78, 5) is 0. The van der Waals surface area contributed by atoms with Crippen molar-refractivity contribution in [2.75, 3.05) is 6.54 Å². The van der Waals surface area contributed by atoms with Gasteiger partial charge in [-0.05, 0) is 56.1 Å². The molecule has 0 aliphatic carbocycles. The van der Waals surface area contributed by atoms with Gasteiger partial charge in [0.1, 0.15) is 11.5 Å². The van der Waals surface area contributed by atoms with Crippen LogP contribution in [0.1, 0.15) is 44.1 Å². The predicted octanol–water partition coefficient (Wildman–Crippen LogP) is 6.01. The van der Waals surface area contributed by atoms with E-state index in [9.17, 15) is 0 Å². The van der Waals surface area contributed by atoms with Gasteiger partial charge in [0.2, 0.25) is 0 Å². The molecular weight excluding hydrogens is 305 g/mol. The molecule has 1 aromatic carbocycles. The molecule has 2 rings (SSSR count). The highest BCUT2D eigenvalue weighted by Gasteiger charge is 2.15. The summed E-state index contributed by atoms with van der Waals surface area (Å²) >= 11 is 12.5. The zero-order valence-electron chi connectivity index (χ0n) is 12.7. The number of hydrogen-bond acceptors (Lipinski definition) is 2. The van der Waals surface area contributed by atoms with Crippen LogP contribution in [0.25, 0.3) is 11.3 Å². The Hall–Kier alpha value is -0.960. The van der Waals surface area contributed by atoms with Crippen molar-refractivity contribution >= 4 is 23.2 Å². The fourth-order valence-corrected chi connectivity index (χ4v) is 2.76. The average Bonchev–Trinajstić information content (AvgIpc) is 2.93. The number of aryl methyl sites for hydroxylation is 1. The van der Waals surface area contributed by atoms with E-state index in [0.717, 1.165) is 42.0 Å². The van der Waals surface area contributed by atoms with Crippen molar-refractivity contribution < 1.29 is 4.42 Å². The van der Waals surface area contributed by atoms with Crippen molar-refractivity contribution in [1.29, 1.82) is 0 Å². The largest absolute Gasteiger partial charge is 0.459 e. The van der Waals surface area contributed by atoms with Gasteiger partial charge < -0.3 is 9.73 Å². The Morgan fingerprint density at radius 2 is 1.90 bits per heavy atom. The van der Waals surface area contributed by atoms with Crippen LogP contribution in [0.4, 0.5) is 0 Å². The third-order valence-electron chi connectivity index (χ3n) is 3.53. The summed E-state index contributed by atoms with van der Waals surface area (Å²) in [6.07, 6.45) is 2.08. The maximum absolute atomic E-state index is 6.31. The molecule has 0 aliphatic heterocycles. The van der Waals surface area contributed by atoms with Crippen LogP contribution in [-0.2, 0) is 0 Å². The first-order valence-corrected chi connectivity index (χ1v) is 8.11. The van der Waals surface area contributed by atoms with Crippen molar-refractivity contribution in [2.24, 2.45) is 0 Å². The van der Waals surface area contributed by atoms with E-state index in [-0.39, 0.29) is 6.04 Å². The SMILES string of the molecule is CCCNC(CC)c1ccc(-c2cc(Cl)c(C)cc2Cl)o1. The third kappa shape index (κ3) is 3.82. The monoisotopic (exact) mass is 325 g/mol. The van der Waals surface area contributed by atoms with Gasteiger partial charge in [0.15, 0.2) is 0 Å². The molecule has 0 spiro atoms. The summed E-state index contributed by atoms with van der Waals surface area (Å²) in [5.74, 6) is 1.70. The molecule has 1 aromatic heterocycles. The molecule has 21 heavy (non-hydrogen) atoms. The van der Waals surface area contributed by atoms with E-state index < -0.39 is 0 Å². The Labute approximate surface area is 136 Å². The molecule has 0 fully saturated rings. The van der Waals surface area contributed by atoms with E-state index in [1.54, 1.807) is 0 Å². The summed E-state index contributed by atoms with van der Waals surface area (Å²) in [5.41, 5.74) is 1.80. The van der Waals surface area contributed by atoms with Crippen molar-refractivity contribution in [3.63, 3.8) is 0 Å². The Kier molecular flexibility index (Phi) is 5.74. The molecule has 114 valence electrons. The molecule has 1 unspecified atom stereocenters. The number of halogens is 2. The highest BCUT2D eigenvalue weighted by atomic mass is 35.5. The minimum absolute atomic E-state index is 0.235. The van der Waals surface area contributed by atoms with E-state index in [1.807, 2.05) is 31.2 Å². The first-order chi connectivity index (χ1) is 10.1. The van der Waals surface area contributed by atoms with E-state index >= 15 is 0 Å². The van der Waals surface area contributed by atoms with Crippen LogP contribution in [0, 0.1) is 6.92 Å². The topological polar surface area (TPSA) is 25.2 Å². The van der Waals surface area contributed by atoms with Crippen LogP contribution in [0.3, 0.4) is 0 Å².